The van der Waals surface area contributed by atoms with Gasteiger partial charge >= 0.3 is 102 Å². The van der Waals surface area contributed by atoms with Gasteiger partial charge in [-0.05, 0) is 0 Å². The Hall–Kier alpha value is -0.0305. The predicted octanol–water partition coefficient (Wildman–Crippen LogP) is 0.531. The number of aliphatic imine (C=N–C) groups is 1. The van der Waals surface area contributed by atoms with Crippen molar-refractivity contribution >= 4 is 38.4 Å². The molecule has 0 saturated carbocycles. The van der Waals surface area contributed by atoms with E-state index in [1.54, 1.807) is 11.8 Å². The first kappa shape index (κ1) is 15.0. The number of thioether (sulfide) groups is 1. The second kappa shape index (κ2) is 8.16. The molecule has 1 radical (unpaired) electrons. The summed E-state index contributed by atoms with van der Waals surface area (Å²) in [5.41, 5.74) is 0. The van der Waals surface area contributed by atoms with Crippen LogP contribution in [-0.4, -0.2) is 61.0 Å². The normalized spacial score (nSPS) is 16.1. The average Bonchev–Trinajstić information content (AvgIpc) is 2.22. The van der Waals surface area contributed by atoms with Crippen LogP contribution in [0.15, 0.2) is 4.99 Å². The summed E-state index contributed by atoms with van der Waals surface area (Å²) in [5.74, 6) is -0.198. The molecule has 2 atom stereocenters. The Balaban J connectivity index is 4.43. The average molecular weight is 297 g/mol. The van der Waals surface area contributed by atoms with Crippen LogP contribution < -0.4 is 0 Å². The first-order valence-corrected chi connectivity index (χ1v) is 6.92. The van der Waals surface area contributed by atoms with Crippen molar-refractivity contribution in [2.24, 2.45) is 4.99 Å². The van der Waals surface area contributed by atoms with Crippen molar-refractivity contribution in [3.05, 3.63) is 0 Å². The molecule has 0 aromatic rings. The van der Waals surface area contributed by atoms with Crippen molar-refractivity contribution in [2.75, 3.05) is 12.0 Å². The molecule has 0 unspecified atom stereocenters. The van der Waals surface area contributed by atoms with Crippen LogP contribution in [0, 0.1) is 0 Å². The molecule has 2 N–H and O–H groups in total. The summed E-state index contributed by atoms with van der Waals surface area (Å²) in [6, 6.07) is -0.755. The summed E-state index contributed by atoms with van der Waals surface area (Å²) in [7, 11) is 0. The fourth-order valence-corrected chi connectivity index (χ4v) is 1.96. The second-order valence-electron chi connectivity index (χ2n) is 3.03. The minimum absolute atomic E-state index is 0.381. The van der Waals surface area contributed by atoms with Crippen LogP contribution in [0.1, 0.15) is 19.8 Å². The van der Waals surface area contributed by atoms with Crippen LogP contribution in [0.5, 0.6) is 0 Å². The van der Waals surface area contributed by atoms with E-state index < -0.39 is 18.1 Å². The monoisotopic (exact) mass is 298 g/mol. The molecule has 0 saturated heterocycles. The van der Waals surface area contributed by atoms with Gasteiger partial charge in [0.25, 0.3) is 0 Å². The maximum absolute atomic E-state index is 10.8. The molecule has 0 heterocycles. The van der Waals surface area contributed by atoms with Crippen molar-refractivity contribution in [1.29, 1.82) is 0 Å². The number of carboxylic acids is 1. The van der Waals surface area contributed by atoms with Crippen LogP contribution in [0.4, 0.5) is 0 Å². The summed E-state index contributed by atoms with van der Waals surface area (Å²) < 4.78 is 0.381. The third-order valence-corrected chi connectivity index (χ3v) is 3.27. The van der Waals surface area contributed by atoms with Crippen molar-refractivity contribution in [2.45, 2.75) is 31.9 Å². The van der Waals surface area contributed by atoms with E-state index in [-0.39, 0.29) is 0 Å². The van der Waals surface area contributed by atoms with E-state index in [1.165, 1.54) is 0 Å². The molecular formula is C9H16NO3SSe. The number of rotatable bonds is 7. The van der Waals surface area contributed by atoms with Gasteiger partial charge in [-0.2, -0.15) is 0 Å². The van der Waals surface area contributed by atoms with E-state index in [0.717, 1.165) is 5.75 Å². The van der Waals surface area contributed by atoms with Gasteiger partial charge in [0.05, 0.1) is 0 Å². The van der Waals surface area contributed by atoms with Gasteiger partial charge in [-0.25, -0.2) is 0 Å². The van der Waals surface area contributed by atoms with E-state index in [4.69, 9.17) is 5.11 Å². The van der Waals surface area contributed by atoms with Crippen molar-refractivity contribution in [1.82, 2.24) is 0 Å². The van der Waals surface area contributed by atoms with Crippen LogP contribution in [0.2, 0.25) is 0 Å². The number of aliphatic hydroxyl groups excluding tert-OH is 1. The number of hydrogen-bond acceptors (Lipinski definition) is 4. The van der Waals surface area contributed by atoms with E-state index in [0.29, 0.717) is 17.5 Å². The number of carboxylic acid groups (broad SMARTS) is 1. The van der Waals surface area contributed by atoms with Crippen molar-refractivity contribution in [3.63, 3.8) is 0 Å². The Labute approximate surface area is 102 Å². The van der Waals surface area contributed by atoms with Crippen LogP contribution >= 0.6 is 11.8 Å². The van der Waals surface area contributed by atoms with Crippen LogP contribution in [0.3, 0.4) is 0 Å². The van der Waals surface area contributed by atoms with Crippen molar-refractivity contribution in [3.8, 4) is 0 Å². The molecule has 0 amide bonds. The number of aliphatic hydroxyl groups is 1. The predicted molar refractivity (Wildman–Crippen MR) is 63.9 cm³/mol. The first-order valence-electron chi connectivity index (χ1n) is 4.67. The molecular weight excluding hydrogens is 281 g/mol. The topological polar surface area (TPSA) is 69.9 Å². The summed E-state index contributed by atoms with van der Waals surface area (Å²) in [4.78, 5) is 14.8. The summed E-state index contributed by atoms with van der Waals surface area (Å²) in [5, 5.41) is 18.3. The van der Waals surface area contributed by atoms with Crippen molar-refractivity contribution < 1.29 is 15.0 Å². The Bertz CT molecular complexity index is 235. The number of carbonyl (C=O) groups is 1. The molecule has 4 nitrogen and oxygen atoms in total. The molecule has 15 heavy (non-hydrogen) atoms. The van der Waals surface area contributed by atoms with Crippen LogP contribution in [-0.2, 0) is 4.79 Å². The molecule has 6 heteroatoms. The quantitative estimate of drug-likeness (QED) is 0.531. The second-order valence-corrected chi connectivity index (χ2v) is 4.89. The molecule has 0 bridgehead atoms. The van der Waals surface area contributed by atoms with Gasteiger partial charge in [0, 0.05) is 0 Å². The molecule has 0 aromatic heterocycles. The van der Waals surface area contributed by atoms with Gasteiger partial charge in [0.15, 0.2) is 0 Å². The third-order valence-electron chi connectivity index (χ3n) is 1.84. The Morgan fingerprint density at radius 3 is 2.60 bits per heavy atom. The van der Waals surface area contributed by atoms with Gasteiger partial charge in [-0.1, -0.05) is 0 Å². The Kier molecular flexibility index (Phi) is 8.14. The molecule has 0 aliphatic rings. The number of hydrogen-bond donors (Lipinski definition) is 2. The molecule has 0 rings (SSSR count). The van der Waals surface area contributed by atoms with Crippen LogP contribution in [0.25, 0.3) is 0 Å². The fraction of sp³-hybridized carbons (Fsp3) is 0.778. The zero-order chi connectivity index (χ0) is 11.8. The summed E-state index contributed by atoms with van der Waals surface area (Å²) >= 11 is 4.20. The number of nitrogens with zero attached hydrogens (tertiary/aromatic N) is 1. The molecule has 0 aromatic carbocycles. The maximum atomic E-state index is 10.8. The molecule has 87 valence electrons. The molecule has 0 spiro atoms. The van der Waals surface area contributed by atoms with Gasteiger partial charge < -0.3 is 0 Å². The molecule has 0 aliphatic carbocycles. The number of aliphatic carboxylic acids is 1. The van der Waals surface area contributed by atoms with Gasteiger partial charge in [-0.15, -0.1) is 0 Å². The molecule has 0 aliphatic heterocycles. The summed E-state index contributed by atoms with van der Waals surface area (Å²) in [6.07, 6.45) is 2.25. The zero-order valence-corrected chi connectivity index (χ0v) is 11.4. The summed E-state index contributed by atoms with van der Waals surface area (Å²) in [6.45, 7) is 1.81. The molecule has 0 fully saturated rings. The Morgan fingerprint density at radius 1 is 1.60 bits per heavy atom. The SMILES string of the molecule is CC[C@H](O)C([Se])=N[C@@H](CCSC)C(=O)O. The van der Waals surface area contributed by atoms with Gasteiger partial charge in [-0.3, -0.25) is 0 Å². The van der Waals surface area contributed by atoms with E-state index in [1.807, 2.05) is 13.2 Å². The van der Waals surface area contributed by atoms with E-state index >= 15 is 0 Å². The van der Waals surface area contributed by atoms with Gasteiger partial charge in [0.2, 0.25) is 0 Å². The minimum atomic E-state index is -0.944. The van der Waals surface area contributed by atoms with E-state index in [2.05, 4.69) is 21.0 Å². The standard InChI is InChI=1S/C9H16NO3SSe/c1-3-7(11)8(15)10-6(9(12)13)4-5-14-2/h6-7,11H,3-5H2,1-2H3,(H,12,13)/t6-,7-/m0/s1. The van der Waals surface area contributed by atoms with E-state index in [9.17, 15) is 9.90 Å². The Morgan fingerprint density at radius 2 is 2.20 bits per heavy atom. The third kappa shape index (κ3) is 6.20. The first-order chi connectivity index (χ1) is 7.02. The zero-order valence-electron chi connectivity index (χ0n) is 8.84. The van der Waals surface area contributed by atoms with Gasteiger partial charge in [0.1, 0.15) is 0 Å². The fourth-order valence-electron chi connectivity index (χ4n) is 0.887.